The molecule has 1 aromatic heterocycles. The second-order valence-electron chi connectivity index (χ2n) is 5.21. The largest absolute Gasteiger partial charge is 0.496 e. The van der Waals surface area contributed by atoms with E-state index < -0.39 is 6.10 Å². The number of aliphatic hydroxyl groups is 1. The highest BCUT2D eigenvalue weighted by Crippen LogP contribution is 2.29. The molecule has 0 aliphatic heterocycles. The molecule has 1 heterocycles. The van der Waals surface area contributed by atoms with Crippen LogP contribution in [0.1, 0.15) is 28.4 Å². The maximum atomic E-state index is 10.4. The highest BCUT2D eigenvalue weighted by atomic mass is 16.5. The van der Waals surface area contributed by atoms with E-state index in [0.29, 0.717) is 13.1 Å². The van der Waals surface area contributed by atoms with E-state index in [9.17, 15) is 5.11 Å². The number of ether oxygens (including phenoxy) is 1. The second-order valence-corrected chi connectivity index (χ2v) is 5.21. The van der Waals surface area contributed by atoms with E-state index in [1.165, 1.54) is 0 Å². The quantitative estimate of drug-likeness (QED) is 0.857. The zero-order valence-corrected chi connectivity index (χ0v) is 12.8. The van der Waals surface area contributed by atoms with Crippen molar-refractivity contribution in [3.8, 4) is 5.75 Å². The summed E-state index contributed by atoms with van der Waals surface area (Å²) < 4.78 is 5.42. The van der Waals surface area contributed by atoms with Crippen molar-refractivity contribution < 1.29 is 9.84 Å². The van der Waals surface area contributed by atoms with Gasteiger partial charge in [-0.15, -0.1) is 0 Å². The molecule has 4 heteroatoms. The lowest BCUT2D eigenvalue weighted by Crippen LogP contribution is -2.21. The van der Waals surface area contributed by atoms with Gasteiger partial charge in [-0.3, -0.25) is 4.98 Å². The van der Waals surface area contributed by atoms with Crippen LogP contribution in [-0.4, -0.2) is 23.7 Å². The average Bonchev–Trinajstić information content (AvgIpc) is 2.47. The number of aryl methyl sites for hydroxylation is 2. The first kappa shape index (κ1) is 15.5. The third-order valence-electron chi connectivity index (χ3n) is 3.43. The Hall–Kier alpha value is -1.91. The van der Waals surface area contributed by atoms with E-state index in [1.807, 2.05) is 32.0 Å². The molecule has 1 atom stereocenters. The van der Waals surface area contributed by atoms with Gasteiger partial charge >= 0.3 is 0 Å². The molecule has 0 saturated carbocycles. The van der Waals surface area contributed by atoms with Gasteiger partial charge in [0.05, 0.1) is 13.2 Å². The summed E-state index contributed by atoms with van der Waals surface area (Å²) in [5.74, 6) is 0.763. The Labute approximate surface area is 125 Å². The summed E-state index contributed by atoms with van der Waals surface area (Å²) in [6, 6.07) is 7.94. The normalized spacial score (nSPS) is 12.2. The van der Waals surface area contributed by atoms with Crippen molar-refractivity contribution in [2.75, 3.05) is 13.7 Å². The fraction of sp³-hybridized carbons (Fsp3) is 0.353. The molecule has 0 amide bonds. The fourth-order valence-corrected chi connectivity index (χ4v) is 2.48. The minimum absolute atomic E-state index is 0.474. The molecule has 0 aliphatic rings. The van der Waals surface area contributed by atoms with Crippen molar-refractivity contribution in [2.45, 2.75) is 26.5 Å². The molecule has 1 aromatic carbocycles. The molecule has 2 N–H and O–H groups in total. The second kappa shape index (κ2) is 7.20. The first-order valence-corrected chi connectivity index (χ1v) is 7.04. The van der Waals surface area contributed by atoms with Crippen LogP contribution in [0, 0.1) is 13.8 Å². The summed E-state index contributed by atoms with van der Waals surface area (Å²) in [7, 11) is 1.64. The molecule has 0 radical (unpaired) electrons. The van der Waals surface area contributed by atoms with Gasteiger partial charge < -0.3 is 15.2 Å². The number of nitrogens with one attached hydrogen (secondary N) is 1. The van der Waals surface area contributed by atoms with Crippen LogP contribution in [0.5, 0.6) is 5.75 Å². The molecule has 0 aliphatic carbocycles. The summed E-state index contributed by atoms with van der Waals surface area (Å²) in [5.41, 5.74) is 4.14. The van der Waals surface area contributed by atoms with Gasteiger partial charge in [-0.25, -0.2) is 0 Å². The van der Waals surface area contributed by atoms with Gasteiger partial charge in [0, 0.05) is 31.0 Å². The van der Waals surface area contributed by atoms with E-state index in [1.54, 1.807) is 19.5 Å². The van der Waals surface area contributed by atoms with Gasteiger partial charge in [-0.2, -0.15) is 0 Å². The molecule has 2 rings (SSSR count). The topological polar surface area (TPSA) is 54.4 Å². The van der Waals surface area contributed by atoms with Gasteiger partial charge in [0.25, 0.3) is 0 Å². The van der Waals surface area contributed by atoms with Crippen LogP contribution in [0.2, 0.25) is 0 Å². The summed E-state index contributed by atoms with van der Waals surface area (Å²) >= 11 is 0. The maximum Gasteiger partial charge on any atom is 0.127 e. The molecule has 0 bridgehead atoms. The monoisotopic (exact) mass is 286 g/mol. The number of hydrogen-bond donors (Lipinski definition) is 2. The number of rotatable bonds is 6. The van der Waals surface area contributed by atoms with Crippen molar-refractivity contribution in [3.63, 3.8) is 0 Å². The predicted molar refractivity (Wildman–Crippen MR) is 83.4 cm³/mol. The van der Waals surface area contributed by atoms with Gasteiger partial charge in [0.15, 0.2) is 0 Å². The van der Waals surface area contributed by atoms with E-state index in [2.05, 4.69) is 16.4 Å². The van der Waals surface area contributed by atoms with Gasteiger partial charge in [0.1, 0.15) is 5.75 Å². The Morgan fingerprint density at radius 3 is 2.62 bits per heavy atom. The van der Waals surface area contributed by atoms with Crippen LogP contribution in [0.4, 0.5) is 0 Å². The molecule has 0 saturated heterocycles. The summed E-state index contributed by atoms with van der Waals surface area (Å²) in [4.78, 5) is 3.98. The van der Waals surface area contributed by atoms with E-state index in [-0.39, 0.29) is 0 Å². The number of pyridine rings is 1. The summed E-state index contributed by atoms with van der Waals surface area (Å²) in [6.45, 7) is 5.19. The molecule has 21 heavy (non-hydrogen) atoms. The third kappa shape index (κ3) is 4.03. The Balaban J connectivity index is 2.02. The van der Waals surface area contributed by atoms with E-state index in [4.69, 9.17) is 4.74 Å². The summed E-state index contributed by atoms with van der Waals surface area (Å²) in [6.07, 6.45) is 2.93. The fourth-order valence-electron chi connectivity index (χ4n) is 2.48. The Kier molecular flexibility index (Phi) is 5.31. The Bertz CT molecular complexity index is 585. The Morgan fingerprint density at radius 1 is 1.24 bits per heavy atom. The van der Waals surface area contributed by atoms with Crippen molar-refractivity contribution in [3.05, 3.63) is 58.9 Å². The predicted octanol–water partition coefficient (Wildman–Crippen LogP) is 2.53. The number of benzene rings is 1. The molecular weight excluding hydrogens is 264 g/mol. The van der Waals surface area contributed by atoms with Gasteiger partial charge in [-0.1, -0.05) is 11.6 Å². The van der Waals surface area contributed by atoms with E-state index in [0.717, 1.165) is 28.0 Å². The first-order chi connectivity index (χ1) is 10.1. The van der Waals surface area contributed by atoms with Crippen LogP contribution >= 0.6 is 0 Å². The SMILES string of the molecule is COc1c(C)cc(C)cc1C(O)CNCc1ccncc1. The van der Waals surface area contributed by atoms with Crippen LogP contribution in [0.15, 0.2) is 36.7 Å². The minimum Gasteiger partial charge on any atom is -0.496 e. The highest BCUT2D eigenvalue weighted by molar-refractivity contribution is 5.45. The van der Waals surface area contributed by atoms with E-state index >= 15 is 0 Å². The van der Waals surface area contributed by atoms with Crippen molar-refractivity contribution in [1.29, 1.82) is 0 Å². The van der Waals surface area contributed by atoms with Crippen LogP contribution in [-0.2, 0) is 6.54 Å². The average molecular weight is 286 g/mol. The number of aliphatic hydroxyl groups excluding tert-OH is 1. The molecule has 2 aromatic rings. The lowest BCUT2D eigenvalue weighted by atomic mass is 10.0. The lowest BCUT2D eigenvalue weighted by Gasteiger charge is -2.18. The van der Waals surface area contributed by atoms with Gasteiger partial charge in [-0.05, 0) is 43.2 Å². The third-order valence-corrected chi connectivity index (χ3v) is 3.43. The maximum absolute atomic E-state index is 10.4. The van der Waals surface area contributed by atoms with Crippen LogP contribution in [0.25, 0.3) is 0 Å². The molecular formula is C17H22N2O2. The number of methoxy groups -OCH3 is 1. The molecule has 0 fully saturated rings. The van der Waals surface area contributed by atoms with Crippen LogP contribution < -0.4 is 10.1 Å². The van der Waals surface area contributed by atoms with Crippen molar-refractivity contribution >= 4 is 0 Å². The molecule has 4 nitrogen and oxygen atoms in total. The Morgan fingerprint density at radius 2 is 1.95 bits per heavy atom. The zero-order chi connectivity index (χ0) is 15.2. The van der Waals surface area contributed by atoms with Crippen molar-refractivity contribution in [2.24, 2.45) is 0 Å². The smallest absolute Gasteiger partial charge is 0.127 e. The highest BCUT2D eigenvalue weighted by Gasteiger charge is 2.15. The molecule has 112 valence electrons. The minimum atomic E-state index is -0.597. The first-order valence-electron chi connectivity index (χ1n) is 7.04. The molecule has 0 spiro atoms. The standard InChI is InChI=1S/C17H22N2O2/c1-12-8-13(2)17(21-3)15(9-12)16(20)11-19-10-14-4-6-18-7-5-14/h4-9,16,19-20H,10-11H2,1-3H3. The molecule has 1 unspecified atom stereocenters. The number of aromatic nitrogens is 1. The summed E-state index contributed by atoms with van der Waals surface area (Å²) in [5, 5.41) is 13.7. The van der Waals surface area contributed by atoms with Crippen molar-refractivity contribution in [1.82, 2.24) is 10.3 Å². The van der Waals surface area contributed by atoms with Gasteiger partial charge in [0.2, 0.25) is 0 Å². The zero-order valence-electron chi connectivity index (χ0n) is 12.8. The van der Waals surface area contributed by atoms with Crippen LogP contribution in [0.3, 0.4) is 0 Å². The lowest BCUT2D eigenvalue weighted by molar-refractivity contribution is 0.170. The number of nitrogens with zero attached hydrogens (tertiary/aromatic N) is 1. The number of hydrogen-bond acceptors (Lipinski definition) is 4.